The van der Waals surface area contributed by atoms with E-state index in [1.165, 1.54) is 13.1 Å². The smallest absolute Gasteiger partial charge is 0.300 e. The molecule has 0 aliphatic carbocycles. The number of halogens is 3. The maximum absolute atomic E-state index is 12.1. The molecule has 2 rings (SSSR count). The monoisotopic (exact) mass is 410 g/mol. The van der Waals surface area contributed by atoms with E-state index in [9.17, 15) is 14.9 Å². The number of nitrogens with zero attached hydrogens (tertiary/aromatic N) is 3. The summed E-state index contributed by atoms with van der Waals surface area (Å²) in [7, 11) is 0. The lowest BCUT2D eigenvalue weighted by atomic mass is 10.2. The molecule has 2 aromatic heterocycles. The third-order valence-corrected chi connectivity index (χ3v) is 5.06. The number of hydrogen-bond acceptors (Lipinski definition) is 6. The molecule has 0 aromatic carbocycles. The zero-order valence-electron chi connectivity index (χ0n) is 10.2. The van der Waals surface area contributed by atoms with Crippen molar-refractivity contribution in [3.05, 3.63) is 41.4 Å². The van der Waals surface area contributed by atoms with Gasteiger partial charge in [-0.05, 0) is 34.4 Å². The highest BCUT2D eigenvalue weighted by atomic mass is 79.9. The maximum atomic E-state index is 12.1. The number of anilines is 1. The van der Waals surface area contributed by atoms with Crippen molar-refractivity contribution >= 4 is 68.1 Å². The molecule has 110 valence electrons. The van der Waals surface area contributed by atoms with Crippen LogP contribution in [0.15, 0.2) is 10.7 Å². The number of carbonyl (C=O) groups excluding carboxylic acids is 1. The van der Waals surface area contributed by atoms with Crippen LogP contribution in [0.25, 0.3) is 0 Å². The van der Waals surface area contributed by atoms with Gasteiger partial charge in [0.25, 0.3) is 5.91 Å². The summed E-state index contributed by atoms with van der Waals surface area (Å²) in [6, 6.07) is 0. The van der Waals surface area contributed by atoms with Gasteiger partial charge in [0.15, 0.2) is 5.15 Å². The van der Waals surface area contributed by atoms with Crippen LogP contribution in [0, 0.1) is 17.0 Å². The fourth-order valence-corrected chi connectivity index (χ4v) is 2.85. The summed E-state index contributed by atoms with van der Waals surface area (Å²) >= 11 is 15.4. The lowest BCUT2D eigenvalue weighted by Gasteiger charge is -2.07. The van der Waals surface area contributed by atoms with Gasteiger partial charge in [-0.25, -0.2) is 4.98 Å². The van der Waals surface area contributed by atoms with Crippen molar-refractivity contribution in [1.82, 2.24) is 9.36 Å². The molecule has 0 saturated heterocycles. The van der Waals surface area contributed by atoms with E-state index in [0.717, 1.165) is 11.5 Å². The van der Waals surface area contributed by atoms with Crippen molar-refractivity contribution in [2.75, 3.05) is 5.32 Å². The first-order valence-corrected chi connectivity index (χ1v) is 7.56. The van der Waals surface area contributed by atoms with Crippen molar-refractivity contribution in [3.8, 4) is 0 Å². The maximum Gasteiger partial charge on any atom is 0.315 e. The molecule has 0 bridgehead atoms. The highest BCUT2D eigenvalue weighted by Gasteiger charge is 2.25. The molecule has 0 aliphatic heterocycles. The number of aromatic nitrogens is 2. The first-order chi connectivity index (χ1) is 9.82. The van der Waals surface area contributed by atoms with E-state index in [1.54, 1.807) is 0 Å². The second-order valence-corrected chi connectivity index (χ2v) is 6.12. The van der Waals surface area contributed by atoms with E-state index in [0.29, 0.717) is 10.0 Å². The minimum absolute atomic E-state index is 0.00117. The van der Waals surface area contributed by atoms with E-state index in [4.69, 9.17) is 23.2 Å². The van der Waals surface area contributed by atoms with Crippen molar-refractivity contribution in [1.29, 1.82) is 0 Å². The number of nitrogens with one attached hydrogen (secondary N) is 1. The van der Waals surface area contributed by atoms with Crippen LogP contribution in [-0.4, -0.2) is 20.2 Å². The van der Waals surface area contributed by atoms with Gasteiger partial charge < -0.3 is 0 Å². The third-order valence-electron chi connectivity index (χ3n) is 2.46. The first kappa shape index (κ1) is 16.1. The van der Waals surface area contributed by atoms with Crippen LogP contribution in [0.1, 0.15) is 15.2 Å². The predicted octanol–water partition coefficient (Wildman–Crippen LogP) is 4.08. The van der Waals surface area contributed by atoms with Crippen molar-refractivity contribution < 1.29 is 9.72 Å². The van der Waals surface area contributed by atoms with Gasteiger partial charge in [0.05, 0.1) is 4.92 Å². The zero-order valence-corrected chi connectivity index (χ0v) is 14.1. The topological polar surface area (TPSA) is 98.0 Å². The van der Waals surface area contributed by atoms with E-state index >= 15 is 0 Å². The van der Waals surface area contributed by atoms with Gasteiger partial charge >= 0.3 is 5.69 Å². The number of nitro groups is 1. The van der Waals surface area contributed by atoms with Gasteiger partial charge in [-0.3, -0.25) is 20.2 Å². The molecule has 0 fully saturated rings. The van der Waals surface area contributed by atoms with Gasteiger partial charge in [-0.1, -0.05) is 23.2 Å². The number of carbonyl (C=O) groups is 1. The molecule has 1 N–H and O–H groups in total. The Hall–Kier alpha value is -1.29. The molecule has 0 unspecified atom stereocenters. The molecular weight excluding hydrogens is 407 g/mol. The minimum atomic E-state index is -0.665. The summed E-state index contributed by atoms with van der Waals surface area (Å²) in [5.41, 5.74) is 0.0446. The van der Waals surface area contributed by atoms with E-state index < -0.39 is 10.8 Å². The first-order valence-electron chi connectivity index (χ1n) is 5.24. The van der Waals surface area contributed by atoms with Crippen LogP contribution in [0.3, 0.4) is 0 Å². The highest BCUT2D eigenvalue weighted by molar-refractivity contribution is 9.10. The summed E-state index contributed by atoms with van der Waals surface area (Å²) < 4.78 is 4.18. The van der Waals surface area contributed by atoms with Crippen LogP contribution < -0.4 is 5.32 Å². The zero-order chi connectivity index (χ0) is 15.7. The SMILES string of the molecule is Cc1c(Br)cnc(NC(=O)c2snc(Cl)c2Cl)c1[N+](=O)[O-]. The highest BCUT2D eigenvalue weighted by Crippen LogP contribution is 2.33. The fraction of sp³-hybridized carbons (Fsp3) is 0.100. The van der Waals surface area contributed by atoms with Crippen LogP contribution in [-0.2, 0) is 0 Å². The summed E-state index contributed by atoms with van der Waals surface area (Å²) in [5.74, 6) is -0.840. The van der Waals surface area contributed by atoms with Crippen molar-refractivity contribution in [2.24, 2.45) is 0 Å². The number of pyridine rings is 1. The molecule has 21 heavy (non-hydrogen) atoms. The second kappa shape index (κ2) is 6.22. The average Bonchev–Trinajstić information content (AvgIpc) is 2.74. The van der Waals surface area contributed by atoms with Crippen LogP contribution in [0.4, 0.5) is 11.5 Å². The normalized spacial score (nSPS) is 10.5. The number of rotatable bonds is 3. The Morgan fingerprint density at radius 1 is 1.52 bits per heavy atom. The van der Waals surface area contributed by atoms with Gasteiger partial charge in [0.2, 0.25) is 5.82 Å². The van der Waals surface area contributed by atoms with Crippen molar-refractivity contribution in [2.45, 2.75) is 6.92 Å². The summed E-state index contributed by atoms with van der Waals surface area (Å²) in [5, 5.41) is 13.5. The lowest BCUT2D eigenvalue weighted by molar-refractivity contribution is -0.384. The van der Waals surface area contributed by atoms with Crippen molar-refractivity contribution in [3.63, 3.8) is 0 Å². The fourth-order valence-electron chi connectivity index (χ4n) is 1.45. The number of hydrogen-bond donors (Lipinski definition) is 1. The predicted molar refractivity (Wildman–Crippen MR) is 83.4 cm³/mol. The van der Waals surface area contributed by atoms with Gasteiger partial charge in [0, 0.05) is 16.2 Å². The van der Waals surface area contributed by atoms with Gasteiger partial charge in [-0.15, -0.1) is 0 Å². The Bertz CT molecular complexity index is 752. The van der Waals surface area contributed by atoms with E-state index in [-0.39, 0.29) is 26.6 Å². The van der Waals surface area contributed by atoms with Crippen LogP contribution >= 0.6 is 50.7 Å². The molecule has 2 aromatic rings. The molecule has 0 spiro atoms. The van der Waals surface area contributed by atoms with Crippen LogP contribution in [0.2, 0.25) is 10.2 Å². The largest absolute Gasteiger partial charge is 0.315 e. The molecule has 1 amide bonds. The molecule has 0 radical (unpaired) electrons. The Morgan fingerprint density at radius 3 is 2.71 bits per heavy atom. The lowest BCUT2D eigenvalue weighted by Crippen LogP contribution is -2.14. The molecule has 7 nitrogen and oxygen atoms in total. The standard InChI is InChI=1S/C10H5BrCl2N4O3S/c1-3-4(11)2-14-9(6(3)17(19)20)15-10(18)7-5(12)8(13)16-21-7/h2H,1H3,(H,14,15,18). The van der Waals surface area contributed by atoms with Gasteiger partial charge in [0.1, 0.15) is 9.90 Å². The molecule has 11 heteroatoms. The Kier molecular flexibility index (Phi) is 4.77. The Labute approximate surface area is 140 Å². The summed E-state index contributed by atoms with van der Waals surface area (Å²) in [6.45, 7) is 1.54. The molecule has 2 heterocycles. The summed E-state index contributed by atoms with van der Waals surface area (Å²) in [6.07, 6.45) is 1.36. The Balaban J connectivity index is 2.40. The molecule has 0 saturated carbocycles. The van der Waals surface area contributed by atoms with Gasteiger partial charge in [-0.2, -0.15) is 4.37 Å². The number of amides is 1. The third kappa shape index (κ3) is 3.15. The molecular formula is C10H5BrCl2N4O3S. The van der Waals surface area contributed by atoms with E-state index in [1.807, 2.05) is 0 Å². The average molecular weight is 412 g/mol. The Morgan fingerprint density at radius 2 is 2.19 bits per heavy atom. The quantitative estimate of drug-likeness (QED) is 0.606. The van der Waals surface area contributed by atoms with Crippen LogP contribution in [0.5, 0.6) is 0 Å². The molecule has 0 aliphatic rings. The second-order valence-electron chi connectivity index (χ2n) is 3.76. The van der Waals surface area contributed by atoms with E-state index in [2.05, 4.69) is 30.6 Å². The summed E-state index contributed by atoms with van der Waals surface area (Å²) in [4.78, 5) is 26.5. The minimum Gasteiger partial charge on any atom is -0.300 e. The molecule has 0 atom stereocenters.